The number of rotatable bonds is 4. The number of nitrogens with one attached hydrogen (secondary N) is 1. The molecule has 0 unspecified atom stereocenters. The lowest BCUT2D eigenvalue weighted by atomic mass is 10.0. The Bertz CT molecular complexity index is 302. The zero-order valence-corrected chi connectivity index (χ0v) is 10.8. The highest BCUT2D eigenvalue weighted by atomic mass is 35.5. The van der Waals surface area contributed by atoms with Crippen molar-refractivity contribution >= 4 is 12.4 Å². The Morgan fingerprint density at radius 1 is 1.18 bits per heavy atom. The van der Waals surface area contributed by atoms with Gasteiger partial charge in [0.2, 0.25) is 0 Å². The summed E-state index contributed by atoms with van der Waals surface area (Å²) >= 11 is 0. The number of hydrogen-bond acceptors (Lipinski definition) is 2. The molecule has 0 radical (unpaired) electrons. The van der Waals surface area contributed by atoms with Gasteiger partial charge in [-0.2, -0.15) is 0 Å². The van der Waals surface area contributed by atoms with Gasteiger partial charge in [0, 0.05) is 32.2 Å². The van der Waals surface area contributed by atoms with Crippen LogP contribution in [0.3, 0.4) is 0 Å². The molecule has 0 aliphatic carbocycles. The molecule has 0 aromatic heterocycles. The summed E-state index contributed by atoms with van der Waals surface area (Å²) in [5, 5.41) is 3.33. The SMILES string of the molecule is Cl.FCC[C@H](c1ccccc1)N1CCNCC1. The lowest BCUT2D eigenvalue weighted by Gasteiger charge is -2.34. The Morgan fingerprint density at radius 3 is 2.41 bits per heavy atom. The van der Waals surface area contributed by atoms with Crippen molar-refractivity contribution in [3.8, 4) is 0 Å². The summed E-state index contributed by atoms with van der Waals surface area (Å²) in [5.41, 5.74) is 1.24. The van der Waals surface area contributed by atoms with E-state index in [1.54, 1.807) is 0 Å². The molecule has 0 saturated carbocycles. The fourth-order valence-corrected chi connectivity index (χ4v) is 2.33. The molecule has 1 aliphatic heterocycles. The minimum Gasteiger partial charge on any atom is -0.314 e. The number of benzene rings is 1. The standard InChI is InChI=1S/C13H19FN2.ClH/c14-7-6-13(12-4-2-1-3-5-12)16-10-8-15-9-11-16;/h1-5,13,15H,6-11H2;1H/t13-;/m1./s1. The minimum atomic E-state index is -0.247. The second kappa shape index (κ2) is 7.64. The van der Waals surface area contributed by atoms with Crippen LogP contribution >= 0.6 is 12.4 Å². The molecule has 1 aliphatic rings. The van der Waals surface area contributed by atoms with Crippen LogP contribution in [0.1, 0.15) is 18.0 Å². The zero-order valence-electron chi connectivity index (χ0n) is 9.94. The maximum atomic E-state index is 12.6. The Kier molecular flexibility index (Phi) is 6.48. The third-order valence-corrected chi connectivity index (χ3v) is 3.16. The van der Waals surface area contributed by atoms with Crippen LogP contribution in [0.4, 0.5) is 4.39 Å². The maximum Gasteiger partial charge on any atom is 0.0912 e. The Balaban J connectivity index is 0.00000144. The molecule has 4 heteroatoms. The molecule has 2 rings (SSSR count). The fourth-order valence-electron chi connectivity index (χ4n) is 2.33. The molecule has 0 amide bonds. The molecule has 1 aromatic rings. The van der Waals surface area contributed by atoms with Gasteiger partial charge < -0.3 is 5.32 Å². The Morgan fingerprint density at radius 2 is 1.82 bits per heavy atom. The molecule has 17 heavy (non-hydrogen) atoms. The lowest BCUT2D eigenvalue weighted by Crippen LogP contribution is -2.45. The molecule has 1 fully saturated rings. The van der Waals surface area contributed by atoms with E-state index in [4.69, 9.17) is 0 Å². The molecular weight excluding hydrogens is 239 g/mol. The molecule has 0 spiro atoms. The van der Waals surface area contributed by atoms with Crippen molar-refractivity contribution in [3.05, 3.63) is 35.9 Å². The van der Waals surface area contributed by atoms with E-state index >= 15 is 0 Å². The van der Waals surface area contributed by atoms with Crippen LogP contribution in [0.2, 0.25) is 0 Å². The number of piperazine rings is 1. The molecule has 0 bridgehead atoms. The highest BCUT2D eigenvalue weighted by molar-refractivity contribution is 5.85. The van der Waals surface area contributed by atoms with Gasteiger partial charge in [0.25, 0.3) is 0 Å². The van der Waals surface area contributed by atoms with E-state index in [0.29, 0.717) is 6.42 Å². The van der Waals surface area contributed by atoms with E-state index < -0.39 is 0 Å². The number of halogens is 2. The smallest absolute Gasteiger partial charge is 0.0912 e. The number of nitrogens with zero attached hydrogens (tertiary/aromatic N) is 1. The molecule has 1 heterocycles. The predicted octanol–water partition coefficient (Wildman–Crippen LogP) is 2.41. The first-order valence-electron chi connectivity index (χ1n) is 5.97. The van der Waals surface area contributed by atoms with Crippen molar-refractivity contribution in [2.75, 3.05) is 32.9 Å². The molecular formula is C13H20ClFN2. The first-order chi connectivity index (χ1) is 7.92. The van der Waals surface area contributed by atoms with Gasteiger partial charge in [-0.25, -0.2) is 0 Å². The summed E-state index contributed by atoms with van der Waals surface area (Å²) in [6.07, 6.45) is 0.601. The predicted molar refractivity (Wildman–Crippen MR) is 71.5 cm³/mol. The van der Waals surface area contributed by atoms with Crippen LogP contribution in [0, 0.1) is 0 Å². The van der Waals surface area contributed by atoms with E-state index in [0.717, 1.165) is 26.2 Å². The second-order valence-corrected chi connectivity index (χ2v) is 4.19. The number of hydrogen-bond donors (Lipinski definition) is 1. The Labute approximate surface area is 109 Å². The number of alkyl halides is 1. The van der Waals surface area contributed by atoms with Crippen LogP contribution in [0.25, 0.3) is 0 Å². The highest BCUT2D eigenvalue weighted by Crippen LogP contribution is 2.24. The third kappa shape index (κ3) is 3.95. The summed E-state index contributed by atoms with van der Waals surface area (Å²) in [6.45, 7) is 3.80. The second-order valence-electron chi connectivity index (χ2n) is 4.19. The minimum absolute atomic E-state index is 0. The Hall–Kier alpha value is -0.640. The fraction of sp³-hybridized carbons (Fsp3) is 0.538. The average Bonchev–Trinajstić information content (AvgIpc) is 2.38. The van der Waals surface area contributed by atoms with Gasteiger partial charge in [-0.15, -0.1) is 12.4 Å². The summed E-state index contributed by atoms with van der Waals surface area (Å²) < 4.78 is 12.6. The van der Waals surface area contributed by atoms with E-state index in [1.165, 1.54) is 5.56 Å². The third-order valence-electron chi connectivity index (χ3n) is 3.16. The van der Waals surface area contributed by atoms with Gasteiger partial charge >= 0.3 is 0 Å². The van der Waals surface area contributed by atoms with Gasteiger partial charge in [-0.05, 0) is 12.0 Å². The first kappa shape index (κ1) is 14.4. The summed E-state index contributed by atoms with van der Waals surface area (Å²) in [4.78, 5) is 2.38. The van der Waals surface area contributed by atoms with Crippen LogP contribution in [0.5, 0.6) is 0 Å². The van der Waals surface area contributed by atoms with Crippen molar-refractivity contribution in [1.29, 1.82) is 0 Å². The van der Waals surface area contributed by atoms with Crippen molar-refractivity contribution in [3.63, 3.8) is 0 Å². The first-order valence-corrected chi connectivity index (χ1v) is 5.97. The van der Waals surface area contributed by atoms with E-state index in [9.17, 15) is 4.39 Å². The summed E-state index contributed by atoms with van der Waals surface area (Å²) in [5.74, 6) is 0. The summed E-state index contributed by atoms with van der Waals surface area (Å²) in [6, 6.07) is 10.5. The van der Waals surface area contributed by atoms with Crippen LogP contribution in [-0.4, -0.2) is 37.8 Å². The molecule has 96 valence electrons. The van der Waals surface area contributed by atoms with Gasteiger partial charge in [0.1, 0.15) is 0 Å². The molecule has 1 atom stereocenters. The van der Waals surface area contributed by atoms with Crippen LogP contribution in [0.15, 0.2) is 30.3 Å². The van der Waals surface area contributed by atoms with E-state index in [2.05, 4.69) is 22.3 Å². The van der Waals surface area contributed by atoms with E-state index in [-0.39, 0.29) is 25.1 Å². The van der Waals surface area contributed by atoms with Crippen LogP contribution < -0.4 is 5.32 Å². The molecule has 1 N–H and O–H groups in total. The normalized spacial score (nSPS) is 18.4. The average molecular weight is 259 g/mol. The van der Waals surface area contributed by atoms with Crippen molar-refractivity contribution in [2.45, 2.75) is 12.5 Å². The van der Waals surface area contributed by atoms with Gasteiger partial charge in [-0.3, -0.25) is 9.29 Å². The lowest BCUT2D eigenvalue weighted by molar-refractivity contribution is 0.157. The topological polar surface area (TPSA) is 15.3 Å². The molecule has 1 aromatic carbocycles. The molecule has 1 saturated heterocycles. The highest BCUT2D eigenvalue weighted by Gasteiger charge is 2.21. The van der Waals surface area contributed by atoms with Gasteiger partial charge in [0.05, 0.1) is 6.67 Å². The van der Waals surface area contributed by atoms with Gasteiger partial charge in [-0.1, -0.05) is 30.3 Å². The van der Waals surface area contributed by atoms with Crippen molar-refractivity contribution in [1.82, 2.24) is 10.2 Å². The van der Waals surface area contributed by atoms with Crippen molar-refractivity contribution in [2.24, 2.45) is 0 Å². The maximum absolute atomic E-state index is 12.6. The summed E-state index contributed by atoms with van der Waals surface area (Å²) in [7, 11) is 0. The largest absolute Gasteiger partial charge is 0.314 e. The zero-order chi connectivity index (χ0) is 11.2. The monoisotopic (exact) mass is 258 g/mol. The van der Waals surface area contributed by atoms with Gasteiger partial charge in [0.15, 0.2) is 0 Å². The van der Waals surface area contributed by atoms with E-state index in [1.807, 2.05) is 18.2 Å². The van der Waals surface area contributed by atoms with Crippen LogP contribution in [-0.2, 0) is 0 Å². The van der Waals surface area contributed by atoms with Crippen molar-refractivity contribution < 1.29 is 4.39 Å². The molecule has 2 nitrogen and oxygen atoms in total. The quantitative estimate of drug-likeness (QED) is 0.892.